The molecule has 0 atom stereocenters. The molecule has 3 aromatic rings. The third-order valence-electron chi connectivity index (χ3n) is 3.41. The molecule has 0 saturated carbocycles. The number of hydrogen-bond donors (Lipinski definition) is 1. The first-order valence-corrected chi connectivity index (χ1v) is 6.78. The van der Waals surface area contributed by atoms with E-state index >= 15 is 0 Å². The molecule has 3 rings (SSSR count). The van der Waals surface area contributed by atoms with Gasteiger partial charge in [-0.3, -0.25) is 0 Å². The van der Waals surface area contributed by atoms with Crippen LogP contribution in [0.1, 0.15) is 37.0 Å². The zero-order valence-electron chi connectivity index (χ0n) is 11.7. The van der Waals surface area contributed by atoms with Gasteiger partial charge in [0.2, 0.25) is 5.89 Å². The molecule has 2 heterocycles. The van der Waals surface area contributed by atoms with E-state index in [1.807, 2.05) is 26.1 Å². The van der Waals surface area contributed by atoms with Gasteiger partial charge < -0.3 is 14.8 Å². The second-order valence-corrected chi connectivity index (χ2v) is 5.20. The Labute approximate surface area is 117 Å². The summed E-state index contributed by atoms with van der Waals surface area (Å²) in [7, 11) is 0. The summed E-state index contributed by atoms with van der Waals surface area (Å²) in [4.78, 5) is 4.41. The summed E-state index contributed by atoms with van der Waals surface area (Å²) in [6.45, 7) is 5.22. The molecular weight excluding hydrogens is 252 g/mol. The molecule has 0 unspecified atom stereocenters. The Balaban J connectivity index is 1.94. The molecule has 5 nitrogen and oxygen atoms in total. The average Bonchev–Trinajstić information content (AvgIpc) is 3.06. The van der Waals surface area contributed by atoms with E-state index in [1.165, 1.54) is 5.39 Å². The second-order valence-electron chi connectivity index (χ2n) is 5.20. The molecule has 0 radical (unpaired) electrons. The lowest BCUT2D eigenvalue weighted by atomic mass is 10.1. The summed E-state index contributed by atoms with van der Waals surface area (Å²) in [5.41, 5.74) is 8.06. The van der Waals surface area contributed by atoms with Crippen LogP contribution in [0.2, 0.25) is 0 Å². The van der Waals surface area contributed by atoms with Gasteiger partial charge in [0.15, 0.2) is 5.82 Å². The number of fused-ring (bicyclic) bond motifs is 1. The van der Waals surface area contributed by atoms with Gasteiger partial charge in [0.05, 0.1) is 6.54 Å². The van der Waals surface area contributed by atoms with E-state index in [2.05, 4.69) is 32.9 Å². The molecular formula is C15H18N4O. The monoisotopic (exact) mass is 270 g/mol. The molecule has 20 heavy (non-hydrogen) atoms. The fourth-order valence-electron chi connectivity index (χ4n) is 2.32. The average molecular weight is 270 g/mol. The summed E-state index contributed by atoms with van der Waals surface area (Å²) in [6, 6.07) is 8.24. The van der Waals surface area contributed by atoms with Crippen molar-refractivity contribution in [1.82, 2.24) is 14.7 Å². The number of nitrogens with two attached hydrogens (primary N) is 1. The predicted molar refractivity (Wildman–Crippen MR) is 77.3 cm³/mol. The number of nitrogens with zero attached hydrogens (tertiary/aromatic N) is 3. The summed E-state index contributed by atoms with van der Waals surface area (Å²) in [5, 5.41) is 5.21. The molecule has 0 spiro atoms. The molecule has 0 bridgehead atoms. The Kier molecular flexibility index (Phi) is 3.28. The van der Waals surface area contributed by atoms with E-state index in [0.717, 1.165) is 11.1 Å². The quantitative estimate of drug-likeness (QED) is 0.791. The van der Waals surface area contributed by atoms with Crippen LogP contribution in [-0.2, 0) is 13.1 Å². The fourth-order valence-corrected chi connectivity index (χ4v) is 2.32. The lowest BCUT2D eigenvalue weighted by molar-refractivity contribution is 0.360. The zero-order valence-corrected chi connectivity index (χ0v) is 11.7. The van der Waals surface area contributed by atoms with Gasteiger partial charge in [-0.25, -0.2) is 0 Å². The van der Waals surface area contributed by atoms with Gasteiger partial charge in [0.1, 0.15) is 0 Å². The molecule has 0 aliphatic rings. The minimum absolute atomic E-state index is 0.251. The molecule has 0 amide bonds. The molecule has 0 aliphatic heterocycles. The van der Waals surface area contributed by atoms with Crippen molar-refractivity contribution in [2.75, 3.05) is 0 Å². The summed E-state index contributed by atoms with van der Waals surface area (Å²) >= 11 is 0. The van der Waals surface area contributed by atoms with Gasteiger partial charge in [-0.1, -0.05) is 31.1 Å². The van der Waals surface area contributed by atoms with E-state index < -0.39 is 0 Å². The standard InChI is InChI=1S/C15H18N4O/c1-10(2)15-17-14(18-20-15)9-19-7-6-12-11(8-16)4-3-5-13(12)19/h3-7,10H,8-9,16H2,1-2H3. The van der Waals surface area contributed by atoms with Gasteiger partial charge >= 0.3 is 0 Å². The molecule has 2 N–H and O–H groups in total. The van der Waals surface area contributed by atoms with Crippen LogP contribution in [0.4, 0.5) is 0 Å². The lowest BCUT2D eigenvalue weighted by Gasteiger charge is -2.03. The van der Waals surface area contributed by atoms with Crippen molar-refractivity contribution in [3.8, 4) is 0 Å². The van der Waals surface area contributed by atoms with E-state index in [4.69, 9.17) is 10.3 Å². The minimum atomic E-state index is 0.251. The normalized spacial score (nSPS) is 11.6. The van der Waals surface area contributed by atoms with Gasteiger partial charge in [-0.15, -0.1) is 0 Å². The fraction of sp³-hybridized carbons (Fsp3) is 0.333. The molecule has 0 aliphatic carbocycles. The SMILES string of the molecule is CC(C)c1nc(Cn2ccc3c(CN)cccc32)no1. The van der Waals surface area contributed by atoms with Crippen LogP contribution >= 0.6 is 0 Å². The van der Waals surface area contributed by atoms with Crippen LogP contribution in [0.15, 0.2) is 35.0 Å². The first kappa shape index (κ1) is 12.9. The summed E-state index contributed by atoms with van der Waals surface area (Å²) in [6.07, 6.45) is 2.04. The van der Waals surface area contributed by atoms with Crippen molar-refractivity contribution in [2.24, 2.45) is 5.73 Å². The van der Waals surface area contributed by atoms with Gasteiger partial charge in [-0.05, 0) is 17.7 Å². The van der Waals surface area contributed by atoms with Crippen LogP contribution in [0.25, 0.3) is 10.9 Å². The number of hydrogen-bond acceptors (Lipinski definition) is 4. The van der Waals surface area contributed by atoms with Crippen LogP contribution in [0.3, 0.4) is 0 Å². The third-order valence-corrected chi connectivity index (χ3v) is 3.41. The summed E-state index contributed by atoms with van der Waals surface area (Å²) in [5.74, 6) is 1.63. The van der Waals surface area contributed by atoms with Crippen molar-refractivity contribution >= 4 is 10.9 Å². The molecule has 1 aromatic carbocycles. The minimum Gasteiger partial charge on any atom is -0.340 e. The van der Waals surface area contributed by atoms with Gasteiger partial charge in [0.25, 0.3) is 0 Å². The summed E-state index contributed by atoms with van der Waals surface area (Å²) < 4.78 is 7.35. The van der Waals surface area contributed by atoms with Crippen LogP contribution in [-0.4, -0.2) is 14.7 Å². The maximum atomic E-state index is 5.77. The highest BCUT2D eigenvalue weighted by Crippen LogP contribution is 2.21. The van der Waals surface area contributed by atoms with Crippen molar-refractivity contribution in [3.05, 3.63) is 47.7 Å². The topological polar surface area (TPSA) is 69.9 Å². The van der Waals surface area contributed by atoms with Crippen molar-refractivity contribution < 1.29 is 4.52 Å². The number of benzene rings is 1. The molecule has 0 saturated heterocycles. The molecule has 0 fully saturated rings. The second kappa shape index (κ2) is 5.09. The Hall–Kier alpha value is -2.14. The van der Waals surface area contributed by atoms with Gasteiger partial charge in [-0.2, -0.15) is 4.98 Å². The number of aromatic nitrogens is 3. The smallest absolute Gasteiger partial charge is 0.229 e. The highest BCUT2D eigenvalue weighted by molar-refractivity contribution is 5.83. The van der Waals surface area contributed by atoms with E-state index in [-0.39, 0.29) is 5.92 Å². The first-order valence-electron chi connectivity index (χ1n) is 6.78. The molecule has 2 aromatic heterocycles. The largest absolute Gasteiger partial charge is 0.340 e. The van der Waals surface area contributed by atoms with Crippen LogP contribution < -0.4 is 5.73 Å². The van der Waals surface area contributed by atoms with Crippen molar-refractivity contribution in [1.29, 1.82) is 0 Å². The van der Waals surface area contributed by atoms with Crippen molar-refractivity contribution in [2.45, 2.75) is 32.9 Å². The Morgan fingerprint density at radius 1 is 1.30 bits per heavy atom. The Morgan fingerprint density at radius 2 is 2.15 bits per heavy atom. The molecule has 104 valence electrons. The zero-order chi connectivity index (χ0) is 14.1. The van der Waals surface area contributed by atoms with E-state index in [9.17, 15) is 0 Å². The highest BCUT2D eigenvalue weighted by atomic mass is 16.5. The number of rotatable bonds is 4. The van der Waals surface area contributed by atoms with Crippen LogP contribution in [0.5, 0.6) is 0 Å². The maximum absolute atomic E-state index is 5.77. The Bertz CT molecular complexity index is 726. The lowest BCUT2D eigenvalue weighted by Crippen LogP contribution is -2.01. The van der Waals surface area contributed by atoms with Gasteiger partial charge in [0, 0.05) is 29.6 Å². The first-order chi connectivity index (χ1) is 9.69. The van der Waals surface area contributed by atoms with E-state index in [0.29, 0.717) is 24.8 Å². The van der Waals surface area contributed by atoms with Crippen LogP contribution in [0, 0.1) is 0 Å². The maximum Gasteiger partial charge on any atom is 0.229 e. The van der Waals surface area contributed by atoms with Crippen molar-refractivity contribution in [3.63, 3.8) is 0 Å². The highest BCUT2D eigenvalue weighted by Gasteiger charge is 2.11. The Morgan fingerprint density at radius 3 is 2.85 bits per heavy atom. The van der Waals surface area contributed by atoms with E-state index in [1.54, 1.807) is 0 Å². The molecule has 5 heteroatoms. The third kappa shape index (κ3) is 2.20. The predicted octanol–water partition coefficient (Wildman–Crippen LogP) is 2.65.